The van der Waals surface area contributed by atoms with Gasteiger partial charge in [0.25, 0.3) is 0 Å². The highest BCUT2D eigenvalue weighted by Crippen LogP contribution is 2.30. The van der Waals surface area contributed by atoms with Crippen LogP contribution in [0.25, 0.3) is 22.2 Å². The number of rotatable bonds is 5. The number of nitrogens with zero attached hydrogens (tertiary/aromatic N) is 5. The summed E-state index contributed by atoms with van der Waals surface area (Å²) in [6.45, 7) is 0.485. The minimum absolute atomic E-state index is 0.133. The molecule has 3 aromatic heterocycles. The van der Waals surface area contributed by atoms with E-state index in [4.69, 9.17) is 5.73 Å². The average molecular weight is 385 g/mol. The molecule has 3 heterocycles. The van der Waals surface area contributed by atoms with Gasteiger partial charge in [-0.1, -0.05) is 6.07 Å². The summed E-state index contributed by atoms with van der Waals surface area (Å²) in [6, 6.07) is 12.2. The van der Waals surface area contributed by atoms with Gasteiger partial charge in [0, 0.05) is 36.0 Å². The molecule has 0 bridgehead atoms. The van der Waals surface area contributed by atoms with E-state index in [1.807, 2.05) is 24.3 Å². The minimum Gasteiger partial charge on any atom is -0.382 e. The lowest BCUT2D eigenvalue weighted by atomic mass is 9.98. The van der Waals surface area contributed by atoms with E-state index < -0.39 is 0 Å². The molecule has 0 spiro atoms. The number of nitriles is 1. The molecular weight excluding hydrogens is 369 g/mol. The number of pyridine rings is 2. The largest absolute Gasteiger partial charge is 0.382 e. The van der Waals surface area contributed by atoms with Crippen molar-refractivity contribution in [1.29, 1.82) is 5.26 Å². The lowest BCUT2D eigenvalue weighted by Crippen LogP contribution is -2.11. The molecule has 4 aromatic rings. The lowest BCUT2D eigenvalue weighted by Gasteiger charge is -2.13. The predicted octanol–water partition coefficient (Wildman–Crippen LogP) is 3.33. The SMILES string of the molecule is N#Cc1c(N)ncnc1NCCc1cnc2cc(F)ccc2c1-c1ccccn1. The van der Waals surface area contributed by atoms with Crippen LogP contribution in [0.2, 0.25) is 0 Å². The van der Waals surface area contributed by atoms with Crippen molar-refractivity contribution in [3.05, 3.63) is 72.1 Å². The van der Waals surface area contributed by atoms with Crippen LogP contribution < -0.4 is 11.1 Å². The molecule has 0 aliphatic carbocycles. The summed E-state index contributed by atoms with van der Waals surface area (Å²) in [5, 5.41) is 13.2. The van der Waals surface area contributed by atoms with Crippen LogP contribution in [0.3, 0.4) is 0 Å². The molecule has 0 aliphatic heterocycles. The first-order chi connectivity index (χ1) is 14.2. The van der Waals surface area contributed by atoms with Crippen molar-refractivity contribution >= 4 is 22.5 Å². The van der Waals surface area contributed by atoms with E-state index in [2.05, 4.69) is 25.3 Å². The zero-order chi connectivity index (χ0) is 20.2. The van der Waals surface area contributed by atoms with E-state index in [0.717, 1.165) is 22.2 Å². The molecule has 4 rings (SSSR count). The molecule has 0 amide bonds. The van der Waals surface area contributed by atoms with Crippen LogP contribution in [-0.4, -0.2) is 26.5 Å². The zero-order valence-corrected chi connectivity index (χ0v) is 15.3. The van der Waals surface area contributed by atoms with Gasteiger partial charge in [0.2, 0.25) is 0 Å². The van der Waals surface area contributed by atoms with E-state index in [1.165, 1.54) is 18.5 Å². The lowest BCUT2D eigenvalue weighted by molar-refractivity contribution is 0.629. The highest BCUT2D eigenvalue weighted by molar-refractivity contribution is 5.95. The number of benzene rings is 1. The van der Waals surface area contributed by atoms with E-state index in [9.17, 15) is 9.65 Å². The van der Waals surface area contributed by atoms with Crippen LogP contribution in [0.4, 0.5) is 16.0 Å². The molecule has 29 heavy (non-hydrogen) atoms. The fraction of sp³-hybridized carbons (Fsp3) is 0.0952. The Kier molecular flexibility index (Phi) is 4.95. The quantitative estimate of drug-likeness (QED) is 0.542. The van der Waals surface area contributed by atoms with Crippen molar-refractivity contribution in [2.75, 3.05) is 17.6 Å². The zero-order valence-electron chi connectivity index (χ0n) is 15.3. The van der Waals surface area contributed by atoms with Crippen LogP contribution >= 0.6 is 0 Å². The first-order valence-corrected chi connectivity index (χ1v) is 8.90. The van der Waals surface area contributed by atoms with Gasteiger partial charge in [-0.25, -0.2) is 14.4 Å². The minimum atomic E-state index is -0.336. The molecular formula is C21H16FN7. The Morgan fingerprint density at radius 3 is 2.79 bits per heavy atom. The molecule has 0 radical (unpaired) electrons. The Bertz CT molecular complexity index is 1220. The fourth-order valence-electron chi connectivity index (χ4n) is 3.17. The van der Waals surface area contributed by atoms with Gasteiger partial charge in [-0.2, -0.15) is 5.26 Å². The van der Waals surface area contributed by atoms with Crippen LogP contribution in [0.5, 0.6) is 0 Å². The number of hydrogen-bond donors (Lipinski definition) is 2. The number of hydrogen-bond acceptors (Lipinski definition) is 7. The number of nitrogens with two attached hydrogens (primary N) is 1. The summed E-state index contributed by atoms with van der Waals surface area (Å²) < 4.78 is 13.7. The maximum absolute atomic E-state index is 13.7. The van der Waals surface area contributed by atoms with Crippen molar-refractivity contribution in [2.45, 2.75) is 6.42 Å². The van der Waals surface area contributed by atoms with Gasteiger partial charge in [-0.3, -0.25) is 9.97 Å². The summed E-state index contributed by atoms with van der Waals surface area (Å²) in [6.07, 6.45) is 5.34. The summed E-state index contributed by atoms with van der Waals surface area (Å²) in [7, 11) is 0. The first kappa shape index (κ1) is 18.3. The number of anilines is 2. The Morgan fingerprint density at radius 1 is 1.10 bits per heavy atom. The molecule has 8 heteroatoms. The third-order valence-corrected chi connectivity index (χ3v) is 4.51. The average Bonchev–Trinajstić information content (AvgIpc) is 2.74. The van der Waals surface area contributed by atoms with E-state index in [-0.39, 0.29) is 17.2 Å². The summed E-state index contributed by atoms with van der Waals surface area (Å²) in [4.78, 5) is 16.8. The standard InChI is InChI=1S/C21H16FN7/c22-14-4-5-15-18(9-14)27-11-13(19(15)17-3-1-2-7-25-17)6-8-26-21-16(10-23)20(24)28-12-29-21/h1-5,7,9,11-12H,6,8H2,(H3,24,26,28,29). The smallest absolute Gasteiger partial charge is 0.149 e. The van der Waals surface area contributed by atoms with Gasteiger partial charge in [0.1, 0.15) is 35.4 Å². The molecule has 0 atom stereocenters. The van der Waals surface area contributed by atoms with Crippen LogP contribution in [0.15, 0.2) is 55.1 Å². The Hall–Kier alpha value is -4.12. The molecule has 0 saturated carbocycles. The normalized spacial score (nSPS) is 10.6. The third-order valence-electron chi connectivity index (χ3n) is 4.51. The highest BCUT2D eigenvalue weighted by atomic mass is 19.1. The highest BCUT2D eigenvalue weighted by Gasteiger charge is 2.14. The Morgan fingerprint density at radius 2 is 2.00 bits per heavy atom. The Balaban J connectivity index is 1.68. The van der Waals surface area contributed by atoms with Gasteiger partial charge in [-0.05, 0) is 36.2 Å². The second-order valence-corrected chi connectivity index (χ2v) is 6.31. The number of nitrogens with one attached hydrogen (secondary N) is 1. The van der Waals surface area contributed by atoms with Gasteiger partial charge < -0.3 is 11.1 Å². The topological polar surface area (TPSA) is 113 Å². The van der Waals surface area contributed by atoms with E-state index in [0.29, 0.717) is 24.3 Å². The fourth-order valence-corrected chi connectivity index (χ4v) is 3.17. The molecule has 0 unspecified atom stereocenters. The third kappa shape index (κ3) is 3.66. The summed E-state index contributed by atoms with van der Waals surface area (Å²) in [5.41, 5.74) is 9.13. The predicted molar refractivity (Wildman–Crippen MR) is 108 cm³/mol. The van der Waals surface area contributed by atoms with Gasteiger partial charge in [0.05, 0.1) is 11.2 Å². The van der Waals surface area contributed by atoms with Crippen molar-refractivity contribution in [2.24, 2.45) is 0 Å². The summed E-state index contributed by atoms with van der Waals surface area (Å²) >= 11 is 0. The molecule has 0 fully saturated rings. The second-order valence-electron chi connectivity index (χ2n) is 6.31. The maximum Gasteiger partial charge on any atom is 0.149 e. The van der Waals surface area contributed by atoms with Crippen LogP contribution in [0.1, 0.15) is 11.1 Å². The molecule has 142 valence electrons. The molecule has 7 nitrogen and oxygen atoms in total. The van der Waals surface area contributed by atoms with Gasteiger partial charge >= 0.3 is 0 Å². The monoisotopic (exact) mass is 385 g/mol. The Labute approximate surface area is 166 Å². The molecule has 0 aliphatic rings. The van der Waals surface area contributed by atoms with Crippen LogP contribution in [-0.2, 0) is 6.42 Å². The number of halogens is 1. The van der Waals surface area contributed by atoms with Crippen LogP contribution in [0, 0.1) is 17.1 Å². The number of fused-ring (bicyclic) bond motifs is 1. The van der Waals surface area contributed by atoms with Crippen molar-refractivity contribution < 1.29 is 4.39 Å². The molecule has 0 saturated heterocycles. The van der Waals surface area contributed by atoms with Crippen molar-refractivity contribution in [1.82, 2.24) is 19.9 Å². The molecule has 3 N–H and O–H groups in total. The molecule has 1 aromatic carbocycles. The van der Waals surface area contributed by atoms with Gasteiger partial charge in [-0.15, -0.1) is 0 Å². The van der Waals surface area contributed by atoms with Crippen molar-refractivity contribution in [3.8, 4) is 17.3 Å². The maximum atomic E-state index is 13.7. The first-order valence-electron chi connectivity index (χ1n) is 8.90. The van der Waals surface area contributed by atoms with Crippen molar-refractivity contribution in [3.63, 3.8) is 0 Å². The second kappa shape index (κ2) is 7.86. The number of nitrogen functional groups attached to an aromatic ring is 1. The number of aromatic nitrogens is 4. The van der Waals surface area contributed by atoms with Gasteiger partial charge in [0.15, 0.2) is 0 Å². The van der Waals surface area contributed by atoms with E-state index >= 15 is 0 Å². The van der Waals surface area contributed by atoms with E-state index in [1.54, 1.807) is 18.5 Å². The summed E-state index contributed by atoms with van der Waals surface area (Å²) in [5.74, 6) is 0.181.